The van der Waals surface area contributed by atoms with Crippen LogP contribution < -0.4 is 0 Å². The van der Waals surface area contributed by atoms with Gasteiger partial charge in [-0.2, -0.15) is 0 Å². The third kappa shape index (κ3) is 2.15. The number of Topliss-reactive ketones (excluding diaryl/α,β-unsaturated/α-hetero) is 1. The topological polar surface area (TPSA) is 54.4 Å². The van der Waals surface area contributed by atoms with E-state index in [0.29, 0.717) is 6.29 Å². The van der Waals surface area contributed by atoms with Gasteiger partial charge in [0.15, 0.2) is 5.78 Å². The van der Waals surface area contributed by atoms with Crippen molar-refractivity contribution in [2.45, 2.75) is 13.3 Å². The van der Waals surface area contributed by atoms with Gasteiger partial charge < -0.3 is 9.90 Å². The summed E-state index contributed by atoms with van der Waals surface area (Å²) in [6, 6.07) is 4.72. The second-order valence-electron chi connectivity index (χ2n) is 2.81. The van der Waals surface area contributed by atoms with Gasteiger partial charge in [0.25, 0.3) is 0 Å². The Morgan fingerprint density at radius 2 is 2.23 bits per heavy atom. The molecular weight excluding hydrogens is 168 g/mol. The molecule has 0 amide bonds. The summed E-state index contributed by atoms with van der Waals surface area (Å²) in [5.74, 6) is -0.423. The molecule has 1 rings (SSSR count). The van der Waals surface area contributed by atoms with Gasteiger partial charge in [0, 0.05) is 0 Å². The van der Waals surface area contributed by atoms with Crippen LogP contribution in [0.25, 0.3) is 0 Å². The molecule has 0 atom stereocenters. The maximum Gasteiger partial charge on any atom is 0.173 e. The van der Waals surface area contributed by atoms with Crippen molar-refractivity contribution in [3.8, 4) is 5.75 Å². The molecule has 0 aliphatic carbocycles. The van der Waals surface area contributed by atoms with E-state index in [-0.39, 0.29) is 23.5 Å². The molecule has 0 aliphatic heterocycles. The summed E-state index contributed by atoms with van der Waals surface area (Å²) in [5, 5.41) is 9.30. The third-order valence-electron chi connectivity index (χ3n) is 1.72. The first-order valence-corrected chi connectivity index (χ1v) is 3.91. The number of hydrogen-bond donors (Lipinski definition) is 1. The molecule has 0 aromatic heterocycles. The van der Waals surface area contributed by atoms with Gasteiger partial charge in [-0.05, 0) is 19.1 Å². The summed E-state index contributed by atoms with van der Waals surface area (Å²) in [4.78, 5) is 21.3. The van der Waals surface area contributed by atoms with Gasteiger partial charge in [0.1, 0.15) is 12.0 Å². The maximum absolute atomic E-state index is 11.2. The van der Waals surface area contributed by atoms with Crippen molar-refractivity contribution < 1.29 is 14.7 Å². The van der Waals surface area contributed by atoms with E-state index in [0.717, 1.165) is 5.56 Å². The number of ketones is 1. The molecule has 0 aliphatic rings. The number of rotatable bonds is 3. The van der Waals surface area contributed by atoms with Crippen molar-refractivity contribution >= 4 is 12.1 Å². The second kappa shape index (κ2) is 3.85. The number of hydrogen-bond acceptors (Lipinski definition) is 3. The van der Waals surface area contributed by atoms with E-state index < -0.39 is 0 Å². The molecule has 0 saturated heterocycles. The van der Waals surface area contributed by atoms with Crippen molar-refractivity contribution in [1.29, 1.82) is 0 Å². The zero-order valence-corrected chi connectivity index (χ0v) is 7.28. The minimum absolute atomic E-state index is 0.0718. The van der Waals surface area contributed by atoms with Crippen LogP contribution in [0, 0.1) is 6.92 Å². The van der Waals surface area contributed by atoms with Crippen LogP contribution in [0.15, 0.2) is 18.2 Å². The van der Waals surface area contributed by atoms with Gasteiger partial charge in [-0.25, -0.2) is 0 Å². The van der Waals surface area contributed by atoms with Crippen molar-refractivity contribution in [2.24, 2.45) is 0 Å². The molecule has 1 N–H and O–H groups in total. The fraction of sp³-hybridized carbons (Fsp3) is 0.200. The SMILES string of the molecule is Cc1ccc(O)c(C(=O)CC=O)c1. The van der Waals surface area contributed by atoms with E-state index in [4.69, 9.17) is 0 Å². The Labute approximate surface area is 76.0 Å². The van der Waals surface area contributed by atoms with Gasteiger partial charge >= 0.3 is 0 Å². The Balaban J connectivity index is 3.05. The summed E-state index contributed by atoms with van der Waals surface area (Å²) < 4.78 is 0. The Hall–Kier alpha value is -1.64. The van der Waals surface area contributed by atoms with Crippen LogP contribution >= 0.6 is 0 Å². The number of benzene rings is 1. The molecule has 0 bridgehead atoms. The molecule has 0 saturated carbocycles. The molecule has 1 aromatic rings. The van der Waals surface area contributed by atoms with Gasteiger partial charge in [0.2, 0.25) is 0 Å². The lowest BCUT2D eigenvalue weighted by Crippen LogP contribution is -2.00. The molecule has 0 heterocycles. The number of carbonyl (C=O) groups is 2. The summed E-state index contributed by atoms with van der Waals surface area (Å²) in [6.45, 7) is 1.82. The zero-order chi connectivity index (χ0) is 9.84. The predicted octanol–water partition coefficient (Wildman–Crippen LogP) is 1.47. The Morgan fingerprint density at radius 1 is 1.54 bits per heavy atom. The number of carbonyl (C=O) groups excluding carboxylic acids is 2. The number of aromatic hydroxyl groups is 1. The quantitative estimate of drug-likeness (QED) is 0.433. The molecule has 13 heavy (non-hydrogen) atoms. The van der Waals surface area contributed by atoms with E-state index in [1.54, 1.807) is 12.1 Å². The lowest BCUT2D eigenvalue weighted by molar-refractivity contribution is -0.107. The molecule has 0 spiro atoms. The van der Waals surface area contributed by atoms with Crippen LogP contribution in [-0.4, -0.2) is 17.2 Å². The van der Waals surface area contributed by atoms with Crippen molar-refractivity contribution in [1.82, 2.24) is 0 Å². The molecule has 0 unspecified atom stereocenters. The van der Waals surface area contributed by atoms with E-state index in [2.05, 4.69) is 0 Å². The van der Waals surface area contributed by atoms with Crippen molar-refractivity contribution in [3.63, 3.8) is 0 Å². The highest BCUT2D eigenvalue weighted by molar-refractivity contribution is 6.04. The van der Waals surface area contributed by atoms with Gasteiger partial charge in [-0.3, -0.25) is 4.79 Å². The lowest BCUT2D eigenvalue weighted by Gasteiger charge is -2.01. The van der Waals surface area contributed by atoms with Crippen LogP contribution in [0.2, 0.25) is 0 Å². The largest absolute Gasteiger partial charge is 0.507 e. The number of phenolic OH excluding ortho intramolecular Hbond substituents is 1. The average molecular weight is 178 g/mol. The van der Waals surface area contributed by atoms with E-state index >= 15 is 0 Å². The number of aldehydes is 1. The number of aryl methyl sites for hydroxylation is 1. The van der Waals surface area contributed by atoms with E-state index in [1.807, 2.05) is 6.92 Å². The highest BCUT2D eigenvalue weighted by atomic mass is 16.3. The summed E-state index contributed by atoms with van der Waals surface area (Å²) in [6.07, 6.45) is 0.348. The summed E-state index contributed by atoms with van der Waals surface area (Å²) in [7, 11) is 0. The monoisotopic (exact) mass is 178 g/mol. The lowest BCUT2D eigenvalue weighted by atomic mass is 10.1. The fourth-order valence-corrected chi connectivity index (χ4v) is 1.06. The summed E-state index contributed by atoms with van der Waals surface area (Å²) in [5.41, 5.74) is 1.10. The minimum Gasteiger partial charge on any atom is -0.507 e. The van der Waals surface area contributed by atoms with Gasteiger partial charge in [0.05, 0.1) is 12.0 Å². The van der Waals surface area contributed by atoms with Crippen LogP contribution in [0.4, 0.5) is 0 Å². The van der Waals surface area contributed by atoms with Crippen molar-refractivity contribution in [3.05, 3.63) is 29.3 Å². The van der Waals surface area contributed by atoms with E-state index in [9.17, 15) is 14.7 Å². The third-order valence-corrected chi connectivity index (χ3v) is 1.72. The first-order chi connectivity index (χ1) is 6.15. The van der Waals surface area contributed by atoms with Crippen LogP contribution in [0.3, 0.4) is 0 Å². The zero-order valence-electron chi connectivity index (χ0n) is 7.28. The highest BCUT2D eigenvalue weighted by Gasteiger charge is 2.09. The van der Waals surface area contributed by atoms with Crippen LogP contribution in [0.1, 0.15) is 22.3 Å². The van der Waals surface area contributed by atoms with Crippen LogP contribution in [0.5, 0.6) is 5.75 Å². The molecule has 0 fully saturated rings. The minimum atomic E-state index is -0.351. The van der Waals surface area contributed by atoms with Crippen LogP contribution in [-0.2, 0) is 4.79 Å². The highest BCUT2D eigenvalue weighted by Crippen LogP contribution is 2.19. The predicted molar refractivity (Wildman–Crippen MR) is 47.9 cm³/mol. The molecular formula is C10H10O3. The Morgan fingerprint density at radius 3 is 2.85 bits per heavy atom. The Kier molecular flexibility index (Phi) is 2.80. The Bertz CT molecular complexity index is 342. The van der Waals surface area contributed by atoms with E-state index in [1.165, 1.54) is 6.07 Å². The van der Waals surface area contributed by atoms with Crippen molar-refractivity contribution in [2.75, 3.05) is 0 Å². The maximum atomic E-state index is 11.2. The normalized spacial score (nSPS) is 9.62. The first kappa shape index (κ1) is 9.45. The molecule has 1 aromatic carbocycles. The van der Waals surface area contributed by atoms with Gasteiger partial charge in [-0.15, -0.1) is 0 Å². The molecule has 3 nitrogen and oxygen atoms in total. The number of phenols is 1. The first-order valence-electron chi connectivity index (χ1n) is 3.91. The average Bonchev–Trinajstić information content (AvgIpc) is 2.09. The standard InChI is InChI=1S/C10H10O3/c1-7-2-3-9(12)8(6-7)10(13)4-5-11/h2-3,5-6,12H,4H2,1H3. The van der Waals surface area contributed by atoms with Gasteiger partial charge in [-0.1, -0.05) is 11.6 Å². The smallest absolute Gasteiger partial charge is 0.173 e. The second-order valence-corrected chi connectivity index (χ2v) is 2.81. The fourth-order valence-electron chi connectivity index (χ4n) is 1.06. The molecule has 3 heteroatoms. The summed E-state index contributed by atoms with van der Waals surface area (Å²) >= 11 is 0. The molecule has 68 valence electrons. The molecule has 0 radical (unpaired) electrons.